The number of urea groups is 1. The molecule has 3 amide bonds. The van der Waals surface area contributed by atoms with Gasteiger partial charge >= 0.3 is 6.03 Å². The smallest absolute Gasteiger partial charge is 0.312 e. The van der Waals surface area contributed by atoms with Gasteiger partial charge in [0.05, 0.1) is 12.5 Å². The van der Waals surface area contributed by atoms with E-state index < -0.39 is 12.1 Å². The van der Waals surface area contributed by atoms with Gasteiger partial charge in [0.15, 0.2) is 11.5 Å². The number of nitrogens with one attached hydrogen (secondary N) is 2. The molecule has 8 heteroatoms. The largest absolute Gasteiger partial charge is 0.486 e. The quantitative estimate of drug-likeness (QED) is 0.661. The molecular weight excluding hydrogens is 382 g/mol. The maximum atomic E-state index is 12.4. The monoisotopic (exact) mass is 403 g/mol. The Morgan fingerprint density at radius 3 is 2.61 bits per heavy atom. The first-order chi connectivity index (χ1) is 13.5. The van der Waals surface area contributed by atoms with Crippen LogP contribution in [0.1, 0.15) is 23.6 Å². The third-order valence-corrected chi connectivity index (χ3v) is 4.67. The van der Waals surface area contributed by atoms with Gasteiger partial charge in [0, 0.05) is 11.6 Å². The maximum absolute atomic E-state index is 12.4. The van der Waals surface area contributed by atoms with Crippen molar-refractivity contribution in [2.24, 2.45) is 5.73 Å². The van der Waals surface area contributed by atoms with Crippen molar-refractivity contribution in [3.63, 3.8) is 0 Å². The highest BCUT2D eigenvalue weighted by Gasteiger charge is 2.19. The number of fused-ring (bicyclic) bond motifs is 1. The van der Waals surface area contributed by atoms with Crippen LogP contribution in [0.4, 0.5) is 4.79 Å². The zero-order valence-electron chi connectivity index (χ0n) is 15.2. The highest BCUT2D eigenvalue weighted by molar-refractivity contribution is 6.31. The van der Waals surface area contributed by atoms with Crippen molar-refractivity contribution in [3.8, 4) is 11.5 Å². The van der Waals surface area contributed by atoms with Crippen molar-refractivity contribution in [3.05, 3.63) is 58.6 Å². The minimum atomic E-state index is -0.714. The summed E-state index contributed by atoms with van der Waals surface area (Å²) in [5.41, 5.74) is 6.91. The third kappa shape index (κ3) is 5.29. The van der Waals surface area contributed by atoms with E-state index in [1.54, 1.807) is 24.3 Å². The number of halogens is 1. The molecule has 2 aromatic rings. The fourth-order valence-electron chi connectivity index (χ4n) is 3.02. The molecule has 0 saturated carbocycles. The number of benzene rings is 2. The molecular formula is C20H22ClN3O4. The number of hydrogen-bond donors (Lipinski definition) is 3. The number of nitrogens with two attached hydrogens (primary N) is 1. The zero-order chi connectivity index (χ0) is 19.9. The molecule has 28 heavy (non-hydrogen) atoms. The van der Waals surface area contributed by atoms with E-state index in [-0.39, 0.29) is 12.3 Å². The summed E-state index contributed by atoms with van der Waals surface area (Å²) >= 11 is 6.18. The molecule has 0 fully saturated rings. The second-order valence-corrected chi connectivity index (χ2v) is 6.77. The molecule has 148 valence electrons. The topological polar surface area (TPSA) is 103 Å². The van der Waals surface area contributed by atoms with Gasteiger partial charge in [-0.05, 0) is 35.7 Å². The first-order valence-corrected chi connectivity index (χ1v) is 9.36. The van der Waals surface area contributed by atoms with Crippen molar-refractivity contribution in [2.75, 3.05) is 19.8 Å². The molecule has 0 aliphatic carbocycles. The Morgan fingerprint density at radius 2 is 1.86 bits per heavy atom. The van der Waals surface area contributed by atoms with Crippen LogP contribution in [0.2, 0.25) is 5.02 Å². The second-order valence-electron chi connectivity index (χ2n) is 6.36. The molecule has 2 aromatic carbocycles. The number of rotatable bonds is 7. The van der Waals surface area contributed by atoms with Crippen molar-refractivity contribution in [1.82, 2.24) is 10.6 Å². The lowest BCUT2D eigenvalue weighted by molar-refractivity contribution is -0.121. The van der Waals surface area contributed by atoms with Crippen LogP contribution >= 0.6 is 11.6 Å². The molecule has 4 N–H and O–H groups in total. The van der Waals surface area contributed by atoms with Crippen LogP contribution in [0.15, 0.2) is 42.5 Å². The van der Waals surface area contributed by atoms with Crippen LogP contribution in [0.25, 0.3) is 0 Å². The fraction of sp³-hybridized carbons (Fsp3) is 0.300. The van der Waals surface area contributed by atoms with E-state index in [4.69, 9.17) is 26.8 Å². The van der Waals surface area contributed by atoms with Gasteiger partial charge in [0.1, 0.15) is 13.2 Å². The fourth-order valence-corrected chi connectivity index (χ4v) is 3.28. The zero-order valence-corrected chi connectivity index (χ0v) is 16.0. The minimum absolute atomic E-state index is 0.0355. The van der Waals surface area contributed by atoms with E-state index in [0.29, 0.717) is 36.8 Å². The SMILES string of the molecule is NC(=O)N[C@H](CC(=O)NCCc1ccc2c(c1)OCCO2)c1ccccc1Cl. The van der Waals surface area contributed by atoms with Crippen LogP contribution in [0, 0.1) is 0 Å². The predicted molar refractivity (Wildman–Crippen MR) is 106 cm³/mol. The number of hydrogen-bond acceptors (Lipinski definition) is 4. The highest BCUT2D eigenvalue weighted by atomic mass is 35.5. The molecule has 0 bridgehead atoms. The first-order valence-electron chi connectivity index (χ1n) is 8.98. The third-order valence-electron chi connectivity index (χ3n) is 4.33. The number of primary amides is 1. The van der Waals surface area contributed by atoms with Crippen LogP contribution in [0.5, 0.6) is 11.5 Å². The van der Waals surface area contributed by atoms with E-state index in [1.807, 2.05) is 18.2 Å². The van der Waals surface area contributed by atoms with Gasteiger partial charge in [-0.25, -0.2) is 4.79 Å². The standard InChI is InChI=1S/C20H22ClN3O4/c21-15-4-2-1-3-14(15)16(24-20(22)26)12-19(25)23-8-7-13-5-6-17-18(11-13)28-10-9-27-17/h1-6,11,16H,7-10,12H2,(H,23,25)(H3,22,24,26)/t16-/m1/s1. The Bertz CT molecular complexity index is 859. The molecule has 0 saturated heterocycles. The van der Waals surface area contributed by atoms with E-state index in [9.17, 15) is 9.59 Å². The summed E-state index contributed by atoms with van der Waals surface area (Å²) in [7, 11) is 0. The van der Waals surface area contributed by atoms with Crippen LogP contribution in [0.3, 0.4) is 0 Å². The molecule has 0 radical (unpaired) electrons. The van der Waals surface area contributed by atoms with Gasteiger partial charge in [-0.1, -0.05) is 35.9 Å². The summed E-state index contributed by atoms with van der Waals surface area (Å²) < 4.78 is 11.1. The van der Waals surface area contributed by atoms with Gasteiger partial charge in [0.25, 0.3) is 0 Å². The lowest BCUT2D eigenvalue weighted by atomic mass is 10.0. The average molecular weight is 404 g/mol. The first kappa shape index (κ1) is 19.8. The van der Waals surface area contributed by atoms with E-state index in [1.165, 1.54) is 0 Å². The Balaban J connectivity index is 1.55. The molecule has 1 aliphatic rings. The van der Waals surface area contributed by atoms with Crippen molar-refractivity contribution in [1.29, 1.82) is 0 Å². The lowest BCUT2D eigenvalue weighted by Gasteiger charge is -2.19. The Labute approximate surface area is 168 Å². The van der Waals surface area contributed by atoms with Crippen molar-refractivity contribution in [2.45, 2.75) is 18.9 Å². The summed E-state index contributed by atoms with van der Waals surface area (Å²) in [5.74, 6) is 1.25. The van der Waals surface area contributed by atoms with E-state index in [0.717, 1.165) is 17.1 Å². The van der Waals surface area contributed by atoms with Crippen molar-refractivity contribution < 1.29 is 19.1 Å². The summed E-state index contributed by atoms with van der Waals surface area (Å²) in [6.45, 7) is 1.53. The van der Waals surface area contributed by atoms with E-state index in [2.05, 4.69) is 10.6 Å². The van der Waals surface area contributed by atoms with Crippen LogP contribution in [-0.4, -0.2) is 31.7 Å². The van der Waals surface area contributed by atoms with Gasteiger partial charge in [0.2, 0.25) is 5.91 Å². The number of carbonyl (C=O) groups is 2. The number of ether oxygens (including phenoxy) is 2. The molecule has 1 heterocycles. The normalized spacial score (nSPS) is 13.5. The molecule has 0 unspecified atom stereocenters. The summed E-state index contributed by atoms with van der Waals surface area (Å²) in [4.78, 5) is 23.7. The van der Waals surface area contributed by atoms with E-state index >= 15 is 0 Å². The van der Waals surface area contributed by atoms with Gasteiger partial charge in [-0.3, -0.25) is 4.79 Å². The Hall–Kier alpha value is -2.93. The van der Waals surface area contributed by atoms with Crippen LogP contribution < -0.4 is 25.8 Å². The second kappa shape index (κ2) is 9.32. The predicted octanol–water partition coefficient (Wildman–Crippen LogP) is 2.57. The number of carbonyl (C=O) groups excluding carboxylic acids is 2. The summed E-state index contributed by atoms with van der Waals surface area (Å²) in [5, 5.41) is 5.89. The van der Waals surface area contributed by atoms with Crippen molar-refractivity contribution >= 4 is 23.5 Å². The lowest BCUT2D eigenvalue weighted by Crippen LogP contribution is -2.37. The highest BCUT2D eigenvalue weighted by Crippen LogP contribution is 2.30. The van der Waals surface area contributed by atoms with Crippen LogP contribution in [-0.2, 0) is 11.2 Å². The molecule has 3 rings (SSSR count). The summed E-state index contributed by atoms with van der Waals surface area (Å²) in [6.07, 6.45) is 0.677. The maximum Gasteiger partial charge on any atom is 0.312 e. The van der Waals surface area contributed by atoms with Gasteiger partial charge < -0.3 is 25.8 Å². The molecule has 0 spiro atoms. The summed E-state index contributed by atoms with van der Waals surface area (Å²) in [6, 6.07) is 11.4. The molecule has 0 aromatic heterocycles. The Kier molecular flexibility index (Phi) is 6.60. The van der Waals surface area contributed by atoms with Gasteiger partial charge in [-0.2, -0.15) is 0 Å². The molecule has 7 nitrogen and oxygen atoms in total. The number of amides is 3. The molecule has 1 aliphatic heterocycles. The van der Waals surface area contributed by atoms with Gasteiger partial charge in [-0.15, -0.1) is 0 Å². The Morgan fingerprint density at radius 1 is 1.11 bits per heavy atom. The minimum Gasteiger partial charge on any atom is -0.486 e. The average Bonchev–Trinajstić information content (AvgIpc) is 2.67. The molecule has 1 atom stereocenters.